The quantitative estimate of drug-likeness (QED) is 0.575. The molecular weight excluding hydrogens is 274 g/mol. The number of phenolic OH excluding ortho intramolecular Hbond substituents is 1. The van der Waals surface area contributed by atoms with Gasteiger partial charge in [0, 0.05) is 12.3 Å². The first kappa shape index (κ1) is 14.7. The summed E-state index contributed by atoms with van der Waals surface area (Å²) < 4.78 is 0. The van der Waals surface area contributed by atoms with Crippen molar-refractivity contribution in [2.75, 3.05) is 5.32 Å². The summed E-state index contributed by atoms with van der Waals surface area (Å²) in [4.78, 5) is 14.3. The van der Waals surface area contributed by atoms with E-state index in [0.717, 1.165) is 0 Å². The lowest BCUT2D eigenvalue weighted by Crippen LogP contribution is -2.25. The molecule has 0 amide bonds. The van der Waals surface area contributed by atoms with Gasteiger partial charge in [-0.05, 0) is 30.7 Å². The lowest BCUT2D eigenvalue weighted by Gasteiger charge is -2.21. The number of hydrogen-bond donors (Lipinski definition) is 3. The minimum absolute atomic E-state index is 0.104. The Balaban J connectivity index is 2.16. The van der Waals surface area contributed by atoms with E-state index in [1.54, 1.807) is 19.1 Å². The predicted molar refractivity (Wildman–Crippen MR) is 77.0 cm³/mol. The van der Waals surface area contributed by atoms with Gasteiger partial charge in [-0.25, -0.2) is 4.98 Å². The van der Waals surface area contributed by atoms with Gasteiger partial charge < -0.3 is 15.5 Å². The number of aliphatic hydroxyl groups is 1. The topological polar surface area (TPSA) is 109 Å². The second-order valence-corrected chi connectivity index (χ2v) is 4.60. The molecule has 0 aliphatic heterocycles. The lowest BCUT2D eigenvalue weighted by atomic mass is 10.0. The van der Waals surface area contributed by atoms with E-state index >= 15 is 0 Å². The van der Waals surface area contributed by atoms with E-state index in [-0.39, 0.29) is 17.3 Å². The van der Waals surface area contributed by atoms with Gasteiger partial charge in [-0.15, -0.1) is 0 Å². The van der Waals surface area contributed by atoms with E-state index in [0.29, 0.717) is 5.56 Å². The van der Waals surface area contributed by atoms with Crippen LogP contribution in [0.4, 0.5) is 11.5 Å². The molecule has 0 radical (unpaired) electrons. The number of nitro groups is 1. The molecule has 2 atom stereocenters. The Morgan fingerprint density at radius 3 is 2.57 bits per heavy atom. The predicted octanol–water partition coefficient (Wildman–Crippen LogP) is 2.23. The second kappa shape index (κ2) is 6.19. The maximum absolute atomic E-state index is 10.9. The third kappa shape index (κ3) is 3.46. The highest BCUT2D eigenvalue weighted by molar-refractivity contribution is 5.55. The molecule has 0 spiro atoms. The number of aromatic nitrogens is 1. The van der Waals surface area contributed by atoms with Crippen LogP contribution in [0.25, 0.3) is 0 Å². The molecule has 0 bridgehead atoms. The van der Waals surface area contributed by atoms with Crippen molar-refractivity contribution in [1.82, 2.24) is 4.98 Å². The number of nitrogens with one attached hydrogen (secondary N) is 1. The number of anilines is 1. The smallest absolute Gasteiger partial charge is 0.311 e. The second-order valence-electron chi connectivity index (χ2n) is 4.60. The van der Waals surface area contributed by atoms with E-state index in [1.807, 2.05) is 0 Å². The normalized spacial score (nSPS) is 13.4. The maximum atomic E-state index is 10.9. The van der Waals surface area contributed by atoms with Gasteiger partial charge in [-0.3, -0.25) is 10.1 Å². The summed E-state index contributed by atoms with van der Waals surface area (Å²) in [5, 5.41) is 33.2. The van der Waals surface area contributed by atoms with E-state index in [1.165, 1.54) is 30.5 Å². The first-order valence-electron chi connectivity index (χ1n) is 6.32. The highest BCUT2D eigenvalue weighted by Gasteiger charge is 2.21. The van der Waals surface area contributed by atoms with Crippen LogP contribution in [-0.4, -0.2) is 26.2 Å². The van der Waals surface area contributed by atoms with E-state index in [9.17, 15) is 20.3 Å². The van der Waals surface area contributed by atoms with Crippen LogP contribution in [0.3, 0.4) is 0 Å². The van der Waals surface area contributed by atoms with E-state index in [4.69, 9.17) is 0 Å². The molecule has 1 heterocycles. The minimum atomic E-state index is -0.896. The molecule has 0 fully saturated rings. The van der Waals surface area contributed by atoms with Gasteiger partial charge in [-0.2, -0.15) is 0 Å². The average Bonchev–Trinajstić information content (AvgIpc) is 2.47. The Bertz CT molecular complexity index is 630. The number of aliphatic hydroxyl groups excluding tert-OH is 1. The first-order valence-corrected chi connectivity index (χ1v) is 6.32. The number of benzene rings is 1. The molecule has 0 unspecified atom stereocenters. The fourth-order valence-corrected chi connectivity index (χ4v) is 1.91. The summed E-state index contributed by atoms with van der Waals surface area (Å²) in [6, 6.07) is 8.43. The maximum Gasteiger partial charge on any atom is 0.311 e. The van der Waals surface area contributed by atoms with Gasteiger partial charge in [0.2, 0.25) is 5.82 Å². The molecule has 0 aliphatic rings. The van der Waals surface area contributed by atoms with Gasteiger partial charge in [0.05, 0.1) is 17.1 Å². The van der Waals surface area contributed by atoms with Crippen molar-refractivity contribution in [3.05, 3.63) is 58.3 Å². The summed E-state index contributed by atoms with van der Waals surface area (Å²) in [7, 11) is 0. The van der Waals surface area contributed by atoms with Crippen molar-refractivity contribution >= 4 is 11.5 Å². The largest absolute Gasteiger partial charge is 0.508 e. The molecule has 2 rings (SSSR count). The fourth-order valence-electron chi connectivity index (χ4n) is 1.91. The van der Waals surface area contributed by atoms with Crippen LogP contribution < -0.4 is 5.32 Å². The van der Waals surface area contributed by atoms with Crippen molar-refractivity contribution in [2.24, 2.45) is 0 Å². The summed E-state index contributed by atoms with van der Waals surface area (Å²) in [6.45, 7) is 1.69. The Morgan fingerprint density at radius 2 is 1.95 bits per heavy atom. The molecule has 110 valence electrons. The number of rotatable bonds is 5. The van der Waals surface area contributed by atoms with Gasteiger partial charge in [-0.1, -0.05) is 12.1 Å². The first-order chi connectivity index (χ1) is 9.99. The molecule has 7 nitrogen and oxygen atoms in total. The Labute approximate surface area is 121 Å². The highest BCUT2D eigenvalue weighted by Crippen LogP contribution is 2.25. The van der Waals surface area contributed by atoms with Crippen molar-refractivity contribution in [2.45, 2.75) is 19.1 Å². The van der Waals surface area contributed by atoms with Crippen LogP contribution in [0, 0.1) is 10.1 Å². The SMILES string of the molecule is C[C@@H](Nc1ncccc1[N+](=O)[O-])[C@H](O)c1ccc(O)cc1. The molecule has 1 aromatic heterocycles. The number of phenols is 1. The minimum Gasteiger partial charge on any atom is -0.508 e. The van der Waals surface area contributed by atoms with Gasteiger partial charge in [0.1, 0.15) is 5.75 Å². The zero-order valence-corrected chi connectivity index (χ0v) is 11.3. The third-order valence-electron chi connectivity index (χ3n) is 3.06. The number of pyridine rings is 1. The zero-order valence-electron chi connectivity index (χ0n) is 11.3. The van der Waals surface area contributed by atoms with Crippen molar-refractivity contribution in [3.8, 4) is 5.75 Å². The van der Waals surface area contributed by atoms with E-state index in [2.05, 4.69) is 10.3 Å². The standard InChI is InChI=1S/C14H15N3O4/c1-9(13(19)10-4-6-11(18)7-5-10)16-14-12(17(20)21)3-2-8-15-14/h2-9,13,18-19H,1H3,(H,15,16)/t9-,13+/m1/s1. The summed E-state index contributed by atoms with van der Waals surface area (Å²) in [5.41, 5.74) is 0.439. The van der Waals surface area contributed by atoms with Crippen LogP contribution in [0.15, 0.2) is 42.6 Å². The molecule has 3 N–H and O–H groups in total. The molecule has 7 heteroatoms. The Morgan fingerprint density at radius 1 is 1.29 bits per heavy atom. The number of nitrogens with zero attached hydrogens (tertiary/aromatic N) is 2. The van der Waals surface area contributed by atoms with Crippen LogP contribution in [0.5, 0.6) is 5.75 Å². The molecule has 2 aromatic rings. The fraction of sp³-hybridized carbons (Fsp3) is 0.214. The summed E-state index contributed by atoms with van der Waals surface area (Å²) >= 11 is 0. The molecule has 0 saturated carbocycles. The Hall–Kier alpha value is -2.67. The van der Waals surface area contributed by atoms with Crippen LogP contribution in [0.1, 0.15) is 18.6 Å². The van der Waals surface area contributed by atoms with Crippen molar-refractivity contribution in [3.63, 3.8) is 0 Å². The van der Waals surface area contributed by atoms with Crippen LogP contribution in [0.2, 0.25) is 0 Å². The van der Waals surface area contributed by atoms with Gasteiger partial charge >= 0.3 is 5.69 Å². The lowest BCUT2D eigenvalue weighted by molar-refractivity contribution is -0.384. The summed E-state index contributed by atoms with van der Waals surface area (Å²) in [5.74, 6) is 0.208. The zero-order chi connectivity index (χ0) is 15.4. The van der Waals surface area contributed by atoms with Crippen molar-refractivity contribution in [1.29, 1.82) is 0 Å². The number of aromatic hydroxyl groups is 1. The molecule has 21 heavy (non-hydrogen) atoms. The molecule has 1 aromatic carbocycles. The third-order valence-corrected chi connectivity index (χ3v) is 3.06. The van der Waals surface area contributed by atoms with Crippen LogP contribution >= 0.6 is 0 Å². The van der Waals surface area contributed by atoms with Gasteiger partial charge in [0.15, 0.2) is 0 Å². The van der Waals surface area contributed by atoms with E-state index < -0.39 is 17.1 Å². The molecular formula is C14H15N3O4. The van der Waals surface area contributed by atoms with Crippen molar-refractivity contribution < 1.29 is 15.1 Å². The van der Waals surface area contributed by atoms with Gasteiger partial charge in [0.25, 0.3) is 0 Å². The Kier molecular flexibility index (Phi) is 4.34. The monoisotopic (exact) mass is 289 g/mol. The molecule has 0 aliphatic carbocycles. The van der Waals surface area contributed by atoms with Crippen LogP contribution in [-0.2, 0) is 0 Å². The molecule has 0 saturated heterocycles. The highest BCUT2D eigenvalue weighted by atomic mass is 16.6. The summed E-state index contributed by atoms with van der Waals surface area (Å²) in [6.07, 6.45) is 0.543. The average molecular weight is 289 g/mol. The number of hydrogen-bond acceptors (Lipinski definition) is 6.